The Kier molecular flexibility index (Phi) is 3.01. The van der Waals surface area contributed by atoms with Crippen molar-refractivity contribution < 1.29 is 8.42 Å². The maximum absolute atomic E-state index is 11.0. The van der Waals surface area contributed by atoms with E-state index in [0.29, 0.717) is 0 Å². The zero-order valence-electron chi connectivity index (χ0n) is 7.07. The molecule has 0 fully saturated rings. The second-order valence-corrected chi connectivity index (χ2v) is 6.88. The molecule has 0 aliphatic heterocycles. The normalized spacial score (nSPS) is 28.4. The van der Waals surface area contributed by atoms with Crippen LogP contribution in [0.5, 0.6) is 0 Å². The van der Waals surface area contributed by atoms with Crippen LogP contribution in [0.1, 0.15) is 6.92 Å². The SMILES string of the molecule is CC1(P)C=CC=C(S(=O)(=O)Cl)C=C1. The third kappa shape index (κ3) is 3.26. The molecule has 0 radical (unpaired) electrons. The molecule has 1 aliphatic carbocycles. The number of halogens is 1. The predicted molar refractivity (Wildman–Crippen MR) is 59.3 cm³/mol. The Morgan fingerprint density at radius 3 is 2.62 bits per heavy atom. The number of hydrogen-bond donors (Lipinski definition) is 0. The van der Waals surface area contributed by atoms with E-state index in [2.05, 4.69) is 9.24 Å². The van der Waals surface area contributed by atoms with Crippen molar-refractivity contribution in [1.29, 1.82) is 0 Å². The molecule has 72 valence electrons. The molecule has 2 unspecified atom stereocenters. The van der Waals surface area contributed by atoms with Crippen molar-refractivity contribution in [1.82, 2.24) is 0 Å². The summed E-state index contributed by atoms with van der Waals surface area (Å²) in [5, 5.41) is -0.209. The van der Waals surface area contributed by atoms with Crippen LogP contribution < -0.4 is 0 Å². The molecule has 1 rings (SSSR count). The van der Waals surface area contributed by atoms with Gasteiger partial charge in [0.1, 0.15) is 0 Å². The predicted octanol–water partition coefficient (Wildman–Crippen LogP) is 2.20. The lowest BCUT2D eigenvalue weighted by Crippen LogP contribution is -2.05. The van der Waals surface area contributed by atoms with Crippen molar-refractivity contribution in [2.24, 2.45) is 0 Å². The van der Waals surface area contributed by atoms with E-state index in [-0.39, 0.29) is 10.1 Å². The summed E-state index contributed by atoms with van der Waals surface area (Å²) in [5.41, 5.74) is 0. The monoisotopic (exact) mass is 236 g/mol. The molecule has 0 bridgehead atoms. The van der Waals surface area contributed by atoms with Gasteiger partial charge in [0.15, 0.2) is 0 Å². The maximum atomic E-state index is 11.0. The molecule has 0 aromatic carbocycles. The van der Waals surface area contributed by atoms with E-state index >= 15 is 0 Å². The summed E-state index contributed by atoms with van der Waals surface area (Å²) in [7, 11) is 4.19. The van der Waals surface area contributed by atoms with E-state index < -0.39 is 9.05 Å². The molecule has 0 aromatic rings. The topological polar surface area (TPSA) is 34.1 Å². The van der Waals surface area contributed by atoms with Gasteiger partial charge in [-0.15, -0.1) is 9.24 Å². The minimum absolute atomic E-state index is 0.122. The zero-order chi connectivity index (χ0) is 10.1. The lowest BCUT2D eigenvalue weighted by molar-refractivity contribution is 0.615. The van der Waals surface area contributed by atoms with Gasteiger partial charge >= 0.3 is 0 Å². The van der Waals surface area contributed by atoms with Gasteiger partial charge in [-0.1, -0.05) is 18.2 Å². The molecule has 2 nitrogen and oxygen atoms in total. The van der Waals surface area contributed by atoms with Crippen LogP contribution in [-0.2, 0) is 9.05 Å². The van der Waals surface area contributed by atoms with Gasteiger partial charge in [-0.05, 0) is 19.1 Å². The van der Waals surface area contributed by atoms with Crippen molar-refractivity contribution in [3.63, 3.8) is 0 Å². The molecule has 0 amide bonds. The Hall–Kier alpha value is -0.110. The second-order valence-electron chi connectivity index (χ2n) is 3.07. The molecule has 13 heavy (non-hydrogen) atoms. The first-order valence-electron chi connectivity index (χ1n) is 3.64. The molecule has 0 spiro atoms. The molecular weight excluding hydrogens is 227 g/mol. The van der Waals surface area contributed by atoms with Crippen LogP contribution in [0.15, 0.2) is 35.3 Å². The van der Waals surface area contributed by atoms with E-state index in [1.165, 1.54) is 12.2 Å². The van der Waals surface area contributed by atoms with Gasteiger partial charge < -0.3 is 0 Å². The van der Waals surface area contributed by atoms with Crippen LogP contribution in [0.25, 0.3) is 0 Å². The Morgan fingerprint density at radius 1 is 1.46 bits per heavy atom. The van der Waals surface area contributed by atoms with Gasteiger partial charge in [-0.3, -0.25) is 0 Å². The summed E-state index contributed by atoms with van der Waals surface area (Å²) in [6.45, 7) is 1.95. The summed E-state index contributed by atoms with van der Waals surface area (Å²) in [6.07, 6.45) is 8.32. The summed E-state index contributed by atoms with van der Waals surface area (Å²) in [5.74, 6) is 0. The number of allylic oxidation sites excluding steroid dienone is 5. The van der Waals surface area contributed by atoms with E-state index in [0.717, 1.165) is 0 Å². The summed E-state index contributed by atoms with van der Waals surface area (Å²) in [4.78, 5) is 0.122. The molecular formula is C8H10ClO2PS. The largest absolute Gasteiger partial charge is 0.261 e. The molecule has 0 heterocycles. The smallest absolute Gasteiger partial charge is 0.207 e. The number of hydrogen-bond acceptors (Lipinski definition) is 2. The second kappa shape index (κ2) is 3.56. The highest BCUT2D eigenvalue weighted by atomic mass is 35.7. The summed E-state index contributed by atoms with van der Waals surface area (Å²) < 4.78 is 21.9. The minimum Gasteiger partial charge on any atom is -0.207 e. The van der Waals surface area contributed by atoms with Gasteiger partial charge in [0, 0.05) is 15.8 Å². The van der Waals surface area contributed by atoms with Gasteiger partial charge in [-0.25, -0.2) is 8.42 Å². The Morgan fingerprint density at radius 2 is 2.08 bits per heavy atom. The van der Waals surface area contributed by atoms with Crippen LogP contribution in [0.3, 0.4) is 0 Å². The van der Waals surface area contributed by atoms with Gasteiger partial charge in [0.25, 0.3) is 9.05 Å². The van der Waals surface area contributed by atoms with Crippen molar-refractivity contribution in [3.8, 4) is 0 Å². The first-order valence-corrected chi connectivity index (χ1v) is 6.52. The molecule has 0 saturated heterocycles. The van der Waals surface area contributed by atoms with Gasteiger partial charge in [-0.2, -0.15) is 0 Å². The lowest BCUT2D eigenvalue weighted by Gasteiger charge is -2.12. The van der Waals surface area contributed by atoms with E-state index in [1.54, 1.807) is 12.2 Å². The Balaban J connectivity index is 3.10. The number of rotatable bonds is 1. The van der Waals surface area contributed by atoms with Crippen LogP contribution in [0, 0.1) is 0 Å². The van der Waals surface area contributed by atoms with Gasteiger partial charge in [0.2, 0.25) is 0 Å². The van der Waals surface area contributed by atoms with Crippen LogP contribution in [0.4, 0.5) is 0 Å². The van der Waals surface area contributed by atoms with Crippen molar-refractivity contribution >= 4 is 29.0 Å². The zero-order valence-corrected chi connectivity index (χ0v) is 9.79. The third-order valence-electron chi connectivity index (χ3n) is 1.60. The fourth-order valence-corrected chi connectivity index (χ4v) is 1.87. The average Bonchev–Trinajstić information content (AvgIpc) is 2.08. The highest BCUT2D eigenvalue weighted by Crippen LogP contribution is 2.26. The fraction of sp³-hybridized carbons (Fsp3) is 0.250. The Bertz CT molecular complexity index is 390. The third-order valence-corrected chi connectivity index (χ3v) is 3.36. The Labute approximate surface area is 85.0 Å². The van der Waals surface area contributed by atoms with Crippen LogP contribution in [0.2, 0.25) is 0 Å². The molecule has 0 aromatic heterocycles. The standard InChI is InChI=1S/C8H10ClO2PS/c1-8(12)5-2-3-7(4-6-8)13(9,10)11/h2-6H,12H2,1H3. The van der Waals surface area contributed by atoms with Crippen LogP contribution in [-0.4, -0.2) is 13.6 Å². The summed E-state index contributed by atoms with van der Waals surface area (Å²) >= 11 is 0. The molecule has 0 saturated carbocycles. The van der Waals surface area contributed by atoms with Crippen molar-refractivity contribution in [3.05, 3.63) is 35.3 Å². The average molecular weight is 237 g/mol. The van der Waals surface area contributed by atoms with Gasteiger partial charge in [0.05, 0.1) is 4.91 Å². The van der Waals surface area contributed by atoms with E-state index in [1.807, 2.05) is 13.0 Å². The highest BCUT2D eigenvalue weighted by Gasteiger charge is 2.15. The molecule has 1 aliphatic rings. The first kappa shape index (κ1) is 11.0. The molecule has 0 N–H and O–H groups in total. The van der Waals surface area contributed by atoms with Crippen LogP contribution >= 0.6 is 19.9 Å². The summed E-state index contributed by atoms with van der Waals surface area (Å²) in [6, 6.07) is 0. The van der Waals surface area contributed by atoms with E-state index in [4.69, 9.17) is 10.7 Å². The maximum Gasteiger partial charge on any atom is 0.261 e. The van der Waals surface area contributed by atoms with E-state index in [9.17, 15) is 8.42 Å². The quantitative estimate of drug-likeness (QED) is 0.517. The van der Waals surface area contributed by atoms with Crippen molar-refractivity contribution in [2.45, 2.75) is 12.1 Å². The van der Waals surface area contributed by atoms with Crippen molar-refractivity contribution in [2.75, 3.05) is 0 Å². The first-order chi connectivity index (χ1) is 5.81. The minimum atomic E-state index is -3.61. The fourth-order valence-electron chi connectivity index (χ4n) is 0.886. The lowest BCUT2D eigenvalue weighted by atomic mass is 10.1. The highest BCUT2D eigenvalue weighted by molar-refractivity contribution is 8.17. The molecule has 5 heteroatoms. The molecule has 2 atom stereocenters.